The highest BCUT2D eigenvalue weighted by Gasteiger charge is 2.26. The van der Waals surface area contributed by atoms with Gasteiger partial charge in [-0.2, -0.15) is 0 Å². The van der Waals surface area contributed by atoms with E-state index in [-0.39, 0.29) is 16.8 Å². The van der Waals surface area contributed by atoms with E-state index in [1.807, 2.05) is 59.7 Å². The minimum atomic E-state index is -0.602. The highest BCUT2D eigenvalue weighted by Crippen LogP contribution is 2.35. The molecule has 0 aliphatic rings. The summed E-state index contributed by atoms with van der Waals surface area (Å²) in [6, 6.07) is 14.0. The largest absolute Gasteiger partial charge is 0.325 e. The number of ketones is 1. The van der Waals surface area contributed by atoms with Crippen molar-refractivity contribution >= 4 is 34.3 Å². The molecule has 1 N–H and O–H groups in total. The summed E-state index contributed by atoms with van der Waals surface area (Å²) in [6.45, 7) is 11.0. The van der Waals surface area contributed by atoms with Crippen LogP contribution in [0.3, 0.4) is 0 Å². The number of rotatable bonds is 4. The van der Waals surface area contributed by atoms with Gasteiger partial charge in [0.2, 0.25) is 5.91 Å². The Hall–Kier alpha value is -2.40. The lowest BCUT2D eigenvalue weighted by Gasteiger charge is -2.21. The van der Waals surface area contributed by atoms with Crippen LogP contribution in [0.1, 0.15) is 57.5 Å². The zero-order valence-electron chi connectivity index (χ0n) is 17.3. The van der Waals surface area contributed by atoms with Crippen molar-refractivity contribution in [3.05, 3.63) is 59.7 Å². The van der Waals surface area contributed by atoms with Crippen molar-refractivity contribution in [3.63, 3.8) is 0 Å². The lowest BCUT2D eigenvalue weighted by atomic mass is 9.95. The fourth-order valence-corrected chi connectivity index (χ4v) is 3.04. The number of hydrogen-bond donors (Lipinski definition) is 1. The quantitative estimate of drug-likeness (QED) is 0.541. The lowest BCUT2D eigenvalue weighted by Crippen LogP contribution is -2.28. The smallest absolute Gasteiger partial charge is 0.229 e. The van der Waals surface area contributed by atoms with Gasteiger partial charge in [-0.05, 0) is 30.0 Å². The summed E-state index contributed by atoms with van der Waals surface area (Å²) >= 11 is 1.08. The highest BCUT2D eigenvalue weighted by molar-refractivity contribution is 8.13. The van der Waals surface area contributed by atoms with Crippen LogP contribution in [0.25, 0.3) is 0 Å². The molecule has 0 spiro atoms. The van der Waals surface area contributed by atoms with Gasteiger partial charge in [0.25, 0.3) is 0 Å². The summed E-state index contributed by atoms with van der Waals surface area (Å²) in [7, 11) is 0. The second-order valence-electron chi connectivity index (χ2n) is 8.75. The molecular formula is C23H27NO3S. The summed E-state index contributed by atoms with van der Waals surface area (Å²) in [4.78, 5) is 38.4. The summed E-state index contributed by atoms with van der Waals surface area (Å²) in [5, 5.41) is 2.88. The number of nitrogens with one attached hydrogen (secondary N) is 1. The third kappa shape index (κ3) is 5.55. The van der Waals surface area contributed by atoms with Gasteiger partial charge in [0.15, 0.2) is 10.9 Å². The molecule has 2 rings (SSSR count). The van der Waals surface area contributed by atoms with Crippen LogP contribution in [-0.4, -0.2) is 16.8 Å². The van der Waals surface area contributed by atoms with Gasteiger partial charge in [0.1, 0.15) is 0 Å². The Bertz CT molecular complexity index is 890. The first-order valence-electron chi connectivity index (χ1n) is 9.17. The van der Waals surface area contributed by atoms with Crippen LogP contribution in [0.2, 0.25) is 0 Å². The molecule has 0 bridgehead atoms. The number of carbonyl (C=O) groups excluding carboxylic acids is 3. The van der Waals surface area contributed by atoms with Crippen LogP contribution in [0.5, 0.6) is 0 Å². The van der Waals surface area contributed by atoms with Crippen molar-refractivity contribution in [3.8, 4) is 0 Å². The predicted molar refractivity (Wildman–Crippen MR) is 115 cm³/mol. The topological polar surface area (TPSA) is 63.2 Å². The molecular weight excluding hydrogens is 370 g/mol. The van der Waals surface area contributed by atoms with E-state index in [4.69, 9.17) is 0 Å². The number of amides is 1. The molecule has 0 fully saturated rings. The maximum Gasteiger partial charge on any atom is 0.229 e. The third-order valence-corrected chi connectivity index (χ3v) is 5.40. The van der Waals surface area contributed by atoms with E-state index in [1.54, 1.807) is 30.3 Å². The van der Waals surface area contributed by atoms with Gasteiger partial charge in [0.05, 0.1) is 5.69 Å². The molecule has 0 radical (unpaired) electrons. The highest BCUT2D eigenvalue weighted by atomic mass is 32.2. The zero-order valence-corrected chi connectivity index (χ0v) is 18.1. The summed E-state index contributed by atoms with van der Waals surface area (Å²) in [6.07, 6.45) is 0. The van der Waals surface area contributed by atoms with Crippen LogP contribution in [0.4, 0.5) is 5.69 Å². The molecule has 28 heavy (non-hydrogen) atoms. The molecule has 5 heteroatoms. The summed E-state index contributed by atoms with van der Waals surface area (Å²) < 4.78 is 0. The van der Waals surface area contributed by atoms with Crippen LogP contribution in [-0.2, 0) is 9.59 Å². The molecule has 0 aliphatic carbocycles. The fraction of sp³-hybridized carbons (Fsp3) is 0.348. The molecule has 0 saturated heterocycles. The third-order valence-electron chi connectivity index (χ3n) is 4.02. The monoisotopic (exact) mass is 397 g/mol. The van der Waals surface area contributed by atoms with Crippen molar-refractivity contribution in [1.29, 1.82) is 0 Å². The van der Waals surface area contributed by atoms with Crippen LogP contribution < -0.4 is 5.32 Å². The van der Waals surface area contributed by atoms with Crippen molar-refractivity contribution in [1.82, 2.24) is 0 Å². The molecule has 0 heterocycles. The van der Waals surface area contributed by atoms with E-state index in [2.05, 4.69) is 5.32 Å². The number of thioether (sulfide) groups is 1. The van der Waals surface area contributed by atoms with Crippen LogP contribution in [0, 0.1) is 10.8 Å². The number of hydrogen-bond acceptors (Lipinski definition) is 4. The first-order chi connectivity index (χ1) is 12.9. The van der Waals surface area contributed by atoms with Gasteiger partial charge in [0, 0.05) is 26.9 Å². The van der Waals surface area contributed by atoms with Gasteiger partial charge < -0.3 is 5.32 Å². The average Bonchev–Trinajstić information content (AvgIpc) is 2.61. The van der Waals surface area contributed by atoms with E-state index in [9.17, 15) is 14.4 Å². The van der Waals surface area contributed by atoms with Gasteiger partial charge in [-0.25, -0.2) is 0 Å². The predicted octanol–water partition coefficient (Wildman–Crippen LogP) is 5.57. The normalized spacial score (nSPS) is 11.8. The Morgan fingerprint density at radius 3 is 1.93 bits per heavy atom. The maximum atomic E-state index is 12.8. The Labute approximate surface area is 171 Å². The lowest BCUT2D eigenvalue weighted by molar-refractivity contribution is -0.123. The molecule has 0 atom stereocenters. The van der Waals surface area contributed by atoms with Gasteiger partial charge >= 0.3 is 0 Å². The van der Waals surface area contributed by atoms with E-state index < -0.39 is 10.8 Å². The van der Waals surface area contributed by atoms with E-state index in [0.717, 1.165) is 11.8 Å². The Kier molecular flexibility index (Phi) is 6.50. The second-order valence-corrected chi connectivity index (χ2v) is 9.76. The molecule has 2 aromatic rings. The van der Waals surface area contributed by atoms with Crippen molar-refractivity contribution in [2.75, 3.05) is 5.32 Å². The molecule has 2 aromatic carbocycles. The number of carbonyl (C=O) groups is 3. The van der Waals surface area contributed by atoms with Gasteiger partial charge in [-0.3, -0.25) is 14.4 Å². The van der Waals surface area contributed by atoms with Crippen molar-refractivity contribution in [2.45, 2.75) is 46.4 Å². The van der Waals surface area contributed by atoms with Crippen molar-refractivity contribution in [2.24, 2.45) is 10.8 Å². The standard InChI is InChI=1S/C23H27NO3S/c1-22(2,3)20(26)24-17-14-16(19(25)15-10-8-7-9-11-15)12-13-18(17)28-21(27)23(4,5)6/h7-14H,1-6H3,(H,24,26). The first-order valence-corrected chi connectivity index (χ1v) is 9.99. The maximum absolute atomic E-state index is 12.8. The molecule has 0 aromatic heterocycles. The number of anilines is 1. The van der Waals surface area contributed by atoms with Crippen molar-refractivity contribution < 1.29 is 14.4 Å². The SMILES string of the molecule is CC(C)(C)C(=O)Nc1cc(C(=O)c2ccccc2)ccc1SC(=O)C(C)(C)C. The molecule has 0 saturated carbocycles. The molecule has 0 unspecified atom stereocenters. The van der Waals surface area contributed by atoms with Gasteiger partial charge in [-0.15, -0.1) is 0 Å². The number of benzene rings is 2. The minimum Gasteiger partial charge on any atom is -0.325 e. The average molecular weight is 398 g/mol. The molecule has 4 nitrogen and oxygen atoms in total. The Morgan fingerprint density at radius 1 is 0.786 bits per heavy atom. The molecule has 148 valence electrons. The summed E-state index contributed by atoms with van der Waals surface area (Å²) in [5.74, 6) is -0.313. The minimum absolute atomic E-state index is 0.0131. The fourth-order valence-electron chi connectivity index (χ4n) is 2.18. The summed E-state index contributed by atoms with van der Waals surface area (Å²) in [5.41, 5.74) is 0.387. The molecule has 0 aliphatic heterocycles. The zero-order chi connectivity index (χ0) is 21.1. The van der Waals surface area contributed by atoms with E-state index in [1.165, 1.54) is 0 Å². The first kappa shape index (κ1) is 21.9. The molecule has 1 amide bonds. The van der Waals surface area contributed by atoms with E-state index in [0.29, 0.717) is 21.7 Å². The van der Waals surface area contributed by atoms with Crippen LogP contribution >= 0.6 is 11.8 Å². The second kappa shape index (κ2) is 8.31. The Balaban J connectivity index is 2.44. The van der Waals surface area contributed by atoms with Crippen LogP contribution in [0.15, 0.2) is 53.4 Å². The van der Waals surface area contributed by atoms with Gasteiger partial charge in [-0.1, -0.05) is 71.9 Å². The van der Waals surface area contributed by atoms with E-state index >= 15 is 0 Å². The Morgan fingerprint density at radius 2 is 1.39 bits per heavy atom.